The van der Waals surface area contributed by atoms with Gasteiger partial charge in [-0.3, -0.25) is 4.68 Å². The molecule has 1 aromatic carbocycles. The summed E-state index contributed by atoms with van der Waals surface area (Å²) in [5, 5.41) is 15.1. The molecule has 2 atom stereocenters. The third-order valence-electron chi connectivity index (χ3n) is 4.61. The van der Waals surface area contributed by atoms with E-state index in [9.17, 15) is 22.7 Å². The van der Waals surface area contributed by atoms with E-state index in [0.29, 0.717) is 17.1 Å². The molecule has 1 fully saturated rings. The van der Waals surface area contributed by atoms with Crippen LogP contribution in [0.4, 0.5) is 17.6 Å². The molecule has 3 heterocycles. The van der Waals surface area contributed by atoms with Crippen molar-refractivity contribution in [1.29, 1.82) is 0 Å². The molecule has 1 aliphatic heterocycles. The summed E-state index contributed by atoms with van der Waals surface area (Å²) in [7, 11) is 0. The molecular weight excluding hydrogens is 366 g/mol. The van der Waals surface area contributed by atoms with Gasteiger partial charge in [0, 0.05) is 17.1 Å². The zero-order chi connectivity index (χ0) is 19.3. The number of aryl methyl sites for hydroxylation is 1. The van der Waals surface area contributed by atoms with Crippen LogP contribution >= 0.6 is 0 Å². The van der Waals surface area contributed by atoms with Crippen LogP contribution in [-0.2, 0) is 10.9 Å². The van der Waals surface area contributed by atoms with Gasteiger partial charge >= 0.3 is 6.18 Å². The summed E-state index contributed by atoms with van der Waals surface area (Å²) in [4.78, 5) is 4.34. The average Bonchev–Trinajstić information content (AvgIpc) is 3.18. The molecule has 0 radical (unpaired) electrons. The highest BCUT2D eigenvalue weighted by atomic mass is 19.4. The first-order chi connectivity index (χ1) is 12.7. The lowest BCUT2D eigenvalue weighted by molar-refractivity contribution is -0.137. The van der Waals surface area contributed by atoms with Crippen LogP contribution in [0.2, 0.25) is 0 Å². The summed E-state index contributed by atoms with van der Waals surface area (Å²) in [6.07, 6.45) is -4.07. The Bertz CT molecular complexity index is 992. The number of fused-ring (bicyclic) bond motifs is 1. The van der Waals surface area contributed by atoms with Gasteiger partial charge in [0.05, 0.1) is 24.5 Å². The number of phenolic OH excluding ortho intramolecular Hbond substituents is 1. The van der Waals surface area contributed by atoms with E-state index >= 15 is 0 Å². The quantitative estimate of drug-likeness (QED) is 0.681. The molecule has 3 aromatic rings. The summed E-state index contributed by atoms with van der Waals surface area (Å²) in [6, 6.07) is 4.37. The van der Waals surface area contributed by atoms with E-state index in [-0.39, 0.29) is 30.0 Å². The first-order valence-electron chi connectivity index (χ1n) is 8.23. The summed E-state index contributed by atoms with van der Waals surface area (Å²) in [5.41, 5.74) is 0.108. The number of halogens is 4. The molecular formula is C18H15F4N3O2. The van der Waals surface area contributed by atoms with Gasteiger partial charge in [0.15, 0.2) is 5.65 Å². The standard InChI is InChI=1S/C18H15F4N3O2/c1-9-4-11(18(20,21)22)5-15(26)16(9)13-3-2-10-6-25(24-17(10)23-13)14-8-27-7-12(14)19/h2-6,12,14,26H,7-8H2,1H3/t12-,14-/m1/s1. The molecule has 0 unspecified atom stereocenters. The van der Waals surface area contributed by atoms with E-state index in [1.807, 2.05) is 0 Å². The van der Waals surface area contributed by atoms with Crippen LogP contribution in [0, 0.1) is 6.92 Å². The van der Waals surface area contributed by atoms with E-state index in [1.165, 1.54) is 11.6 Å². The van der Waals surface area contributed by atoms with Gasteiger partial charge in [0.1, 0.15) is 18.0 Å². The molecule has 0 saturated carbocycles. The third kappa shape index (κ3) is 3.12. The first kappa shape index (κ1) is 17.7. The maximum absolute atomic E-state index is 13.9. The van der Waals surface area contributed by atoms with Gasteiger partial charge in [-0.05, 0) is 36.8 Å². The van der Waals surface area contributed by atoms with E-state index in [1.54, 1.807) is 18.3 Å². The van der Waals surface area contributed by atoms with Crippen LogP contribution in [-0.4, -0.2) is 39.3 Å². The fourth-order valence-corrected chi connectivity index (χ4v) is 3.25. The van der Waals surface area contributed by atoms with Crippen molar-refractivity contribution in [3.05, 3.63) is 41.6 Å². The number of ether oxygens (including phenoxy) is 1. The van der Waals surface area contributed by atoms with Crippen molar-refractivity contribution in [3.8, 4) is 17.0 Å². The van der Waals surface area contributed by atoms with Crippen molar-refractivity contribution < 1.29 is 27.4 Å². The molecule has 5 nitrogen and oxygen atoms in total. The molecule has 2 aromatic heterocycles. The summed E-state index contributed by atoms with van der Waals surface area (Å²) < 4.78 is 59.1. The topological polar surface area (TPSA) is 60.2 Å². The van der Waals surface area contributed by atoms with Gasteiger partial charge in [-0.2, -0.15) is 18.3 Å². The van der Waals surface area contributed by atoms with Crippen molar-refractivity contribution in [2.75, 3.05) is 13.2 Å². The number of pyridine rings is 1. The monoisotopic (exact) mass is 381 g/mol. The van der Waals surface area contributed by atoms with Gasteiger partial charge in [-0.1, -0.05) is 0 Å². The number of hydrogen-bond acceptors (Lipinski definition) is 4. The lowest BCUT2D eigenvalue weighted by Crippen LogP contribution is -2.18. The van der Waals surface area contributed by atoms with Crippen LogP contribution in [0.5, 0.6) is 5.75 Å². The third-order valence-corrected chi connectivity index (χ3v) is 4.61. The van der Waals surface area contributed by atoms with Crippen molar-refractivity contribution in [2.45, 2.75) is 25.3 Å². The van der Waals surface area contributed by atoms with Gasteiger partial charge < -0.3 is 9.84 Å². The Morgan fingerprint density at radius 1 is 1.22 bits per heavy atom. The molecule has 0 bridgehead atoms. The second kappa shape index (κ2) is 6.19. The zero-order valence-electron chi connectivity index (χ0n) is 14.2. The Morgan fingerprint density at radius 3 is 2.63 bits per heavy atom. The Balaban J connectivity index is 1.76. The van der Waals surface area contributed by atoms with Crippen LogP contribution in [0.1, 0.15) is 17.2 Å². The molecule has 1 aliphatic rings. The van der Waals surface area contributed by atoms with Gasteiger partial charge in [-0.15, -0.1) is 0 Å². The number of alkyl halides is 4. The highest BCUT2D eigenvalue weighted by molar-refractivity contribution is 5.80. The van der Waals surface area contributed by atoms with Crippen LogP contribution in [0.25, 0.3) is 22.3 Å². The van der Waals surface area contributed by atoms with E-state index in [4.69, 9.17) is 4.74 Å². The maximum Gasteiger partial charge on any atom is 0.416 e. The summed E-state index contributed by atoms with van der Waals surface area (Å²) in [5.74, 6) is -0.512. The highest BCUT2D eigenvalue weighted by Gasteiger charge is 2.32. The van der Waals surface area contributed by atoms with Crippen molar-refractivity contribution in [3.63, 3.8) is 0 Å². The van der Waals surface area contributed by atoms with Crippen LogP contribution in [0.15, 0.2) is 30.5 Å². The average molecular weight is 381 g/mol. The van der Waals surface area contributed by atoms with Gasteiger partial charge in [-0.25, -0.2) is 9.37 Å². The number of nitrogens with zero attached hydrogens (tertiary/aromatic N) is 3. The molecule has 9 heteroatoms. The fraction of sp³-hybridized carbons (Fsp3) is 0.333. The molecule has 142 valence electrons. The number of rotatable bonds is 2. The molecule has 0 aliphatic carbocycles. The van der Waals surface area contributed by atoms with Crippen LogP contribution < -0.4 is 0 Å². The van der Waals surface area contributed by atoms with Gasteiger partial charge in [0.2, 0.25) is 0 Å². The Labute approximate surface area is 151 Å². The smallest absolute Gasteiger partial charge is 0.416 e. The maximum atomic E-state index is 13.9. The Kier molecular flexibility index (Phi) is 4.06. The van der Waals surface area contributed by atoms with Crippen molar-refractivity contribution in [1.82, 2.24) is 14.8 Å². The molecule has 27 heavy (non-hydrogen) atoms. The normalized spacial score (nSPS) is 20.5. The van der Waals surface area contributed by atoms with Crippen molar-refractivity contribution in [2.24, 2.45) is 0 Å². The minimum absolute atomic E-state index is 0.0121. The first-order valence-corrected chi connectivity index (χ1v) is 8.23. The second-order valence-corrected chi connectivity index (χ2v) is 6.52. The predicted octanol–water partition coefficient (Wildman–Crippen LogP) is 4.04. The lowest BCUT2D eigenvalue weighted by Gasteiger charge is -2.13. The van der Waals surface area contributed by atoms with E-state index in [2.05, 4.69) is 10.1 Å². The molecule has 1 N–H and O–H groups in total. The molecule has 1 saturated heterocycles. The fourth-order valence-electron chi connectivity index (χ4n) is 3.25. The number of aromatic hydroxyl groups is 1. The Hall–Kier alpha value is -2.68. The molecule has 4 rings (SSSR count). The zero-order valence-corrected chi connectivity index (χ0v) is 14.2. The van der Waals surface area contributed by atoms with Gasteiger partial charge in [0.25, 0.3) is 0 Å². The number of benzene rings is 1. The lowest BCUT2D eigenvalue weighted by atomic mass is 10.00. The number of hydrogen-bond donors (Lipinski definition) is 1. The highest BCUT2D eigenvalue weighted by Crippen LogP contribution is 2.38. The minimum atomic E-state index is -4.55. The van der Waals surface area contributed by atoms with Crippen molar-refractivity contribution >= 4 is 11.0 Å². The second-order valence-electron chi connectivity index (χ2n) is 6.52. The Morgan fingerprint density at radius 2 is 2.00 bits per heavy atom. The van der Waals surface area contributed by atoms with E-state index in [0.717, 1.165) is 6.07 Å². The number of phenols is 1. The number of aromatic nitrogens is 3. The molecule has 0 amide bonds. The largest absolute Gasteiger partial charge is 0.507 e. The summed E-state index contributed by atoms with van der Waals surface area (Å²) in [6.45, 7) is 1.69. The molecule has 0 spiro atoms. The summed E-state index contributed by atoms with van der Waals surface area (Å²) >= 11 is 0. The SMILES string of the molecule is Cc1cc(C(F)(F)F)cc(O)c1-c1ccc2cn([C@@H]3COC[C@H]3F)nc2n1. The minimum Gasteiger partial charge on any atom is -0.507 e. The van der Waals surface area contributed by atoms with E-state index < -0.39 is 29.7 Å². The predicted molar refractivity (Wildman–Crippen MR) is 89.1 cm³/mol. The van der Waals surface area contributed by atoms with Crippen LogP contribution in [0.3, 0.4) is 0 Å².